The Hall–Kier alpha value is -1.59. The zero-order valence-corrected chi connectivity index (χ0v) is 13.0. The number of para-hydroxylation sites is 1. The molecule has 0 aliphatic carbocycles. The van der Waals surface area contributed by atoms with Crippen LogP contribution in [-0.2, 0) is 0 Å². The average molecular weight is 303 g/mol. The Morgan fingerprint density at radius 1 is 1.36 bits per heavy atom. The molecule has 5 heteroatoms. The Balaban J connectivity index is 1.76. The fourth-order valence-electron chi connectivity index (χ4n) is 3.45. The van der Waals surface area contributed by atoms with Crippen LogP contribution in [0, 0.1) is 11.1 Å². The molecule has 0 N–H and O–H groups in total. The number of carbonyl (C=O) groups excluding carboxylic acids is 1. The van der Waals surface area contributed by atoms with Gasteiger partial charge < -0.3 is 19.9 Å². The number of ether oxygens (including phenoxy) is 1. The van der Waals surface area contributed by atoms with Crippen LogP contribution >= 0.6 is 0 Å². The molecule has 3 aliphatic heterocycles. The molecule has 3 fully saturated rings. The van der Waals surface area contributed by atoms with Crippen molar-refractivity contribution < 1.29 is 9.53 Å². The number of hydroxylamine groups is 2. The van der Waals surface area contributed by atoms with Gasteiger partial charge in [0.2, 0.25) is 5.91 Å². The molecule has 0 spiro atoms. The van der Waals surface area contributed by atoms with Gasteiger partial charge in [-0.2, -0.15) is 0 Å². The lowest BCUT2D eigenvalue weighted by molar-refractivity contribution is 0.0228. The van der Waals surface area contributed by atoms with Crippen molar-refractivity contribution >= 4 is 5.91 Å². The molecular formula is C17H23N2O3-. The van der Waals surface area contributed by atoms with Crippen LogP contribution in [0.15, 0.2) is 24.3 Å². The molecule has 3 aliphatic rings. The predicted molar refractivity (Wildman–Crippen MR) is 84.7 cm³/mol. The predicted octanol–water partition coefficient (Wildman–Crippen LogP) is 2.51. The summed E-state index contributed by atoms with van der Waals surface area (Å²) in [6, 6.07) is 6.82. The zero-order valence-electron chi connectivity index (χ0n) is 13.0. The van der Waals surface area contributed by atoms with Gasteiger partial charge in [-0.05, 0) is 50.4 Å². The van der Waals surface area contributed by atoms with Gasteiger partial charge in [0.1, 0.15) is 5.75 Å². The third kappa shape index (κ3) is 2.96. The van der Waals surface area contributed by atoms with Crippen molar-refractivity contribution in [1.82, 2.24) is 9.96 Å². The van der Waals surface area contributed by atoms with Gasteiger partial charge in [0.15, 0.2) is 0 Å². The van der Waals surface area contributed by atoms with Gasteiger partial charge in [-0.15, -0.1) is 0 Å². The first kappa shape index (κ1) is 15.3. The first-order valence-corrected chi connectivity index (χ1v) is 8.15. The minimum atomic E-state index is -0.467. The van der Waals surface area contributed by atoms with Crippen molar-refractivity contribution in [3.05, 3.63) is 35.0 Å². The van der Waals surface area contributed by atoms with Gasteiger partial charge in [0.25, 0.3) is 0 Å². The Bertz CT molecular complexity index is 526. The number of hydrogen-bond acceptors (Lipinski definition) is 4. The molecule has 5 nitrogen and oxygen atoms in total. The molecule has 0 aromatic heterocycles. The second-order valence-electron chi connectivity index (χ2n) is 6.18. The highest BCUT2D eigenvalue weighted by Gasteiger charge is 2.36. The van der Waals surface area contributed by atoms with E-state index in [-0.39, 0.29) is 6.04 Å². The van der Waals surface area contributed by atoms with E-state index in [1.807, 2.05) is 13.0 Å². The summed E-state index contributed by atoms with van der Waals surface area (Å²) in [5.41, 5.74) is 0.377. The van der Waals surface area contributed by atoms with E-state index in [2.05, 4.69) is 4.90 Å². The fourth-order valence-corrected chi connectivity index (χ4v) is 3.45. The molecular weight excluding hydrogens is 280 g/mol. The minimum Gasteiger partial charge on any atom is -0.756 e. The van der Waals surface area contributed by atoms with Gasteiger partial charge in [-0.1, -0.05) is 19.1 Å². The number of amides is 1. The Morgan fingerprint density at radius 3 is 2.73 bits per heavy atom. The third-order valence-electron chi connectivity index (χ3n) is 4.70. The second-order valence-corrected chi connectivity index (χ2v) is 6.18. The molecule has 1 aromatic carbocycles. The molecule has 120 valence electrons. The molecule has 1 amide bonds. The van der Waals surface area contributed by atoms with Crippen LogP contribution in [0.5, 0.6) is 5.75 Å². The summed E-state index contributed by atoms with van der Waals surface area (Å²) < 4.78 is 5.61. The lowest BCUT2D eigenvalue weighted by Gasteiger charge is -2.51. The van der Waals surface area contributed by atoms with Crippen LogP contribution in [-0.4, -0.2) is 48.2 Å². The monoisotopic (exact) mass is 303 g/mol. The van der Waals surface area contributed by atoms with Crippen molar-refractivity contribution in [2.45, 2.75) is 32.2 Å². The van der Waals surface area contributed by atoms with Crippen LogP contribution in [0.2, 0.25) is 0 Å². The standard InChI is InChI=1S/C17H23N2O3/c1-2-11-22-16-6-4-3-5-14(16)17(20)19(21)15-12-18-9-7-13(15)8-10-18/h3-6,13,15H,2,7-12H2,1H3/q-1. The third-order valence-corrected chi connectivity index (χ3v) is 4.70. The molecule has 3 saturated heterocycles. The normalized spacial score (nSPS) is 26.7. The number of hydrogen-bond donors (Lipinski definition) is 0. The van der Waals surface area contributed by atoms with E-state index in [9.17, 15) is 10.0 Å². The van der Waals surface area contributed by atoms with E-state index in [1.165, 1.54) is 0 Å². The lowest BCUT2D eigenvalue weighted by Crippen LogP contribution is -2.57. The summed E-state index contributed by atoms with van der Waals surface area (Å²) in [6.45, 7) is 5.37. The smallest absolute Gasteiger partial charge is 0.247 e. The number of piperidine rings is 3. The minimum absolute atomic E-state index is 0.214. The van der Waals surface area contributed by atoms with Crippen molar-refractivity contribution in [1.29, 1.82) is 0 Å². The maximum absolute atomic E-state index is 12.6. The first-order chi connectivity index (χ1) is 10.7. The summed E-state index contributed by atoms with van der Waals surface area (Å²) in [6.07, 6.45) is 2.90. The quantitative estimate of drug-likeness (QED) is 0.784. The maximum atomic E-state index is 12.6. The van der Waals surface area contributed by atoms with E-state index in [4.69, 9.17) is 4.74 Å². The second kappa shape index (κ2) is 6.67. The lowest BCUT2D eigenvalue weighted by atomic mass is 9.83. The Morgan fingerprint density at radius 2 is 2.09 bits per heavy atom. The number of benzene rings is 1. The van der Waals surface area contributed by atoms with Crippen molar-refractivity contribution in [3.63, 3.8) is 0 Å². The topological polar surface area (TPSA) is 55.8 Å². The van der Waals surface area contributed by atoms with Crippen molar-refractivity contribution in [3.8, 4) is 5.75 Å². The molecule has 2 bridgehead atoms. The van der Waals surface area contributed by atoms with E-state index in [0.717, 1.165) is 32.4 Å². The molecule has 4 rings (SSSR count). The summed E-state index contributed by atoms with van der Waals surface area (Å²) in [5.74, 6) is 0.386. The largest absolute Gasteiger partial charge is 0.756 e. The summed E-state index contributed by atoms with van der Waals surface area (Å²) in [4.78, 5) is 14.9. The SMILES string of the molecule is CCCOc1ccccc1C(=O)N([O-])C1CN2CCC1CC2. The summed E-state index contributed by atoms with van der Waals surface area (Å²) in [5, 5.41) is 13.3. The van der Waals surface area contributed by atoms with Gasteiger partial charge in [-0.25, -0.2) is 0 Å². The molecule has 1 atom stereocenters. The first-order valence-electron chi connectivity index (χ1n) is 8.15. The van der Waals surface area contributed by atoms with Crippen LogP contribution in [0.25, 0.3) is 0 Å². The van der Waals surface area contributed by atoms with Crippen LogP contribution in [0.4, 0.5) is 0 Å². The van der Waals surface area contributed by atoms with Gasteiger partial charge in [-0.3, -0.25) is 4.79 Å². The fraction of sp³-hybridized carbons (Fsp3) is 0.588. The molecule has 3 heterocycles. The van der Waals surface area contributed by atoms with E-state index < -0.39 is 5.91 Å². The highest BCUT2D eigenvalue weighted by atomic mass is 16.5. The Kier molecular flexibility index (Phi) is 4.64. The van der Waals surface area contributed by atoms with Crippen molar-refractivity contribution in [2.24, 2.45) is 5.92 Å². The van der Waals surface area contributed by atoms with E-state index in [0.29, 0.717) is 35.4 Å². The molecule has 22 heavy (non-hydrogen) atoms. The molecule has 0 radical (unpaired) electrons. The van der Waals surface area contributed by atoms with E-state index in [1.54, 1.807) is 18.2 Å². The van der Waals surface area contributed by atoms with Crippen LogP contribution in [0.1, 0.15) is 36.5 Å². The zero-order chi connectivity index (χ0) is 15.5. The molecule has 1 aromatic rings. The van der Waals surface area contributed by atoms with E-state index >= 15 is 0 Å². The van der Waals surface area contributed by atoms with Gasteiger partial charge in [0.05, 0.1) is 12.2 Å². The molecule has 0 saturated carbocycles. The Labute approximate surface area is 131 Å². The van der Waals surface area contributed by atoms with Crippen LogP contribution < -0.4 is 4.74 Å². The average Bonchev–Trinajstić information content (AvgIpc) is 2.60. The number of nitrogens with zero attached hydrogens (tertiary/aromatic N) is 2. The van der Waals surface area contributed by atoms with Gasteiger partial charge in [0, 0.05) is 12.6 Å². The van der Waals surface area contributed by atoms with Crippen molar-refractivity contribution in [2.75, 3.05) is 26.2 Å². The maximum Gasteiger partial charge on any atom is 0.247 e. The highest BCUT2D eigenvalue weighted by molar-refractivity contribution is 5.97. The number of fused-ring (bicyclic) bond motifs is 3. The summed E-state index contributed by atoms with van der Waals surface area (Å²) in [7, 11) is 0. The number of rotatable bonds is 5. The molecule has 1 unspecified atom stereocenters. The number of carbonyl (C=O) groups is 1. The highest BCUT2D eigenvalue weighted by Crippen LogP contribution is 2.32. The van der Waals surface area contributed by atoms with Crippen LogP contribution in [0.3, 0.4) is 0 Å². The summed E-state index contributed by atoms with van der Waals surface area (Å²) >= 11 is 0. The van der Waals surface area contributed by atoms with Gasteiger partial charge >= 0.3 is 0 Å².